The Bertz CT molecular complexity index is 418. The molecule has 1 aromatic heterocycles. The summed E-state index contributed by atoms with van der Waals surface area (Å²) in [5.74, 6) is -0.277. The first-order valence-electron chi connectivity index (χ1n) is 5.11. The van der Waals surface area contributed by atoms with Gasteiger partial charge in [0.2, 0.25) is 5.91 Å². The second-order valence-corrected chi connectivity index (χ2v) is 4.33. The molecule has 0 fully saturated rings. The summed E-state index contributed by atoms with van der Waals surface area (Å²) in [5.41, 5.74) is 4.20. The van der Waals surface area contributed by atoms with Crippen LogP contribution in [0.15, 0.2) is 10.7 Å². The summed E-state index contributed by atoms with van der Waals surface area (Å²) in [6.07, 6.45) is -3.27. The summed E-state index contributed by atoms with van der Waals surface area (Å²) < 4.78 is 38.2. The number of nitrogens with one attached hydrogen (secondary N) is 1. The zero-order valence-corrected chi connectivity index (χ0v) is 10.9. The normalized spacial score (nSPS) is 11.6. The molecule has 0 aliphatic carbocycles. The Labute approximate surface area is 110 Å². The Morgan fingerprint density at radius 1 is 1.56 bits per heavy atom. The van der Waals surface area contributed by atoms with Crippen LogP contribution in [-0.2, 0) is 17.5 Å². The Morgan fingerprint density at radius 2 is 2.22 bits per heavy atom. The highest BCUT2D eigenvalue weighted by atomic mass is 79.9. The van der Waals surface area contributed by atoms with E-state index in [2.05, 4.69) is 26.3 Å². The summed E-state index contributed by atoms with van der Waals surface area (Å²) >= 11 is 2.78. The third-order valence-electron chi connectivity index (χ3n) is 2.02. The molecule has 1 amide bonds. The van der Waals surface area contributed by atoms with Crippen LogP contribution in [0.1, 0.15) is 12.1 Å². The minimum Gasteiger partial charge on any atom is -0.355 e. The minimum absolute atomic E-state index is 0.0470. The lowest BCUT2D eigenvalue weighted by atomic mass is 10.4. The Hall–Kier alpha value is -1.09. The molecule has 1 rings (SSSR count). The van der Waals surface area contributed by atoms with Crippen LogP contribution in [0.4, 0.5) is 13.2 Å². The van der Waals surface area contributed by atoms with Gasteiger partial charge in [0.05, 0.1) is 4.47 Å². The van der Waals surface area contributed by atoms with Gasteiger partial charge in [0.15, 0.2) is 5.69 Å². The molecule has 1 aromatic rings. The lowest BCUT2D eigenvalue weighted by molar-refractivity contribution is -0.142. The van der Waals surface area contributed by atoms with Crippen molar-refractivity contribution < 1.29 is 18.0 Å². The molecule has 0 radical (unpaired) electrons. The SMILES string of the molecule is NCCNC(=O)CCn1cc(Br)c(C(F)(F)F)n1. The van der Waals surface area contributed by atoms with Gasteiger partial charge in [-0.1, -0.05) is 0 Å². The van der Waals surface area contributed by atoms with Crippen molar-refractivity contribution in [2.75, 3.05) is 13.1 Å². The van der Waals surface area contributed by atoms with E-state index in [9.17, 15) is 18.0 Å². The summed E-state index contributed by atoms with van der Waals surface area (Å²) in [4.78, 5) is 11.2. The van der Waals surface area contributed by atoms with E-state index in [-0.39, 0.29) is 23.3 Å². The Morgan fingerprint density at radius 3 is 2.72 bits per heavy atom. The number of hydrogen-bond acceptors (Lipinski definition) is 3. The Balaban J connectivity index is 2.56. The number of alkyl halides is 3. The van der Waals surface area contributed by atoms with Crippen molar-refractivity contribution in [1.29, 1.82) is 0 Å². The first-order valence-corrected chi connectivity index (χ1v) is 5.91. The maximum Gasteiger partial charge on any atom is 0.436 e. The summed E-state index contributed by atoms with van der Waals surface area (Å²) in [5, 5.41) is 5.89. The van der Waals surface area contributed by atoms with Crippen LogP contribution in [0.5, 0.6) is 0 Å². The second-order valence-electron chi connectivity index (χ2n) is 3.48. The molecule has 0 aliphatic rings. The molecule has 1 heterocycles. The van der Waals surface area contributed by atoms with Crippen molar-refractivity contribution in [3.8, 4) is 0 Å². The zero-order chi connectivity index (χ0) is 13.8. The minimum atomic E-state index is -4.51. The second kappa shape index (κ2) is 6.19. The van der Waals surface area contributed by atoms with Crippen LogP contribution in [0.3, 0.4) is 0 Å². The number of nitrogens with two attached hydrogens (primary N) is 1. The fraction of sp³-hybridized carbons (Fsp3) is 0.556. The van der Waals surface area contributed by atoms with Crippen molar-refractivity contribution in [2.45, 2.75) is 19.1 Å². The zero-order valence-electron chi connectivity index (χ0n) is 9.30. The van der Waals surface area contributed by atoms with Gasteiger partial charge >= 0.3 is 6.18 Å². The lowest BCUT2D eigenvalue weighted by Gasteiger charge is -2.04. The standard InChI is InChI=1S/C9H12BrF3N4O/c10-6-5-17(16-8(6)9(11,12)13)4-1-7(18)15-3-2-14/h5H,1-4,14H2,(H,15,18). The van der Waals surface area contributed by atoms with E-state index in [4.69, 9.17) is 5.73 Å². The number of nitrogens with zero attached hydrogens (tertiary/aromatic N) is 2. The van der Waals surface area contributed by atoms with E-state index >= 15 is 0 Å². The molecule has 5 nitrogen and oxygen atoms in total. The average Bonchev–Trinajstić information content (AvgIpc) is 2.65. The van der Waals surface area contributed by atoms with Gasteiger partial charge in [-0.25, -0.2) is 0 Å². The van der Waals surface area contributed by atoms with Crippen molar-refractivity contribution >= 4 is 21.8 Å². The van der Waals surface area contributed by atoms with Gasteiger partial charge < -0.3 is 11.1 Å². The molecule has 0 aliphatic heterocycles. The van der Waals surface area contributed by atoms with Crippen molar-refractivity contribution in [3.63, 3.8) is 0 Å². The average molecular weight is 329 g/mol. The molecule has 0 spiro atoms. The molecule has 0 saturated heterocycles. The molecule has 0 aromatic carbocycles. The topological polar surface area (TPSA) is 72.9 Å². The maximum atomic E-state index is 12.4. The highest BCUT2D eigenvalue weighted by molar-refractivity contribution is 9.10. The largest absolute Gasteiger partial charge is 0.436 e. The summed E-state index contributed by atoms with van der Waals surface area (Å²) in [6, 6.07) is 0. The van der Waals surface area contributed by atoms with E-state index in [1.165, 1.54) is 6.20 Å². The number of carbonyl (C=O) groups excluding carboxylic acids is 1. The van der Waals surface area contributed by atoms with Gasteiger partial charge in [-0.15, -0.1) is 0 Å². The highest BCUT2D eigenvalue weighted by Gasteiger charge is 2.36. The van der Waals surface area contributed by atoms with Gasteiger partial charge in [-0.3, -0.25) is 9.48 Å². The van der Waals surface area contributed by atoms with Gasteiger partial charge in [-0.2, -0.15) is 18.3 Å². The van der Waals surface area contributed by atoms with Crippen LogP contribution in [0, 0.1) is 0 Å². The molecule has 0 atom stereocenters. The smallest absolute Gasteiger partial charge is 0.355 e. The van der Waals surface area contributed by atoms with Gasteiger partial charge in [-0.05, 0) is 15.9 Å². The number of carbonyl (C=O) groups is 1. The van der Waals surface area contributed by atoms with Crippen LogP contribution in [0.2, 0.25) is 0 Å². The molecule has 9 heteroatoms. The van der Waals surface area contributed by atoms with Crippen LogP contribution >= 0.6 is 15.9 Å². The fourth-order valence-corrected chi connectivity index (χ4v) is 1.76. The third kappa shape index (κ3) is 4.30. The van der Waals surface area contributed by atoms with E-state index in [1.54, 1.807) is 0 Å². The van der Waals surface area contributed by atoms with E-state index in [0.717, 1.165) is 4.68 Å². The highest BCUT2D eigenvalue weighted by Crippen LogP contribution is 2.33. The molecule has 0 saturated carbocycles. The number of amides is 1. The van der Waals surface area contributed by atoms with E-state index in [1.807, 2.05) is 0 Å². The molecular weight excluding hydrogens is 317 g/mol. The van der Waals surface area contributed by atoms with Gasteiger partial charge in [0.1, 0.15) is 0 Å². The number of aryl methyl sites for hydroxylation is 1. The number of rotatable bonds is 5. The fourth-order valence-electron chi connectivity index (χ4n) is 1.22. The number of halogens is 4. The van der Waals surface area contributed by atoms with Crippen molar-refractivity contribution in [3.05, 3.63) is 16.4 Å². The number of aromatic nitrogens is 2. The first kappa shape index (κ1) is 15.0. The molecule has 0 unspecified atom stereocenters. The number of hydrogen-bond donors (Lipinski definition) is 2. The van der Waals surface area contributed by atoms with Gasteiger partial charge in [0.25, 0.3) is 0 Å². The monoisotopic (exact) mass is 328 g/mol. The molecule has 18 heavy (non-hydrogen) atoms. The first-order chi connectivity index (χ1) is 8.34. The molecular formula is C9H12BrF3N4O. The summed E-state index contributed by atoms with van der Waals surface area (Å²) in [6.45, 7) is 0.734. The molecule has 3 N–H and O–H groups in total. The van der Waals surface area contributed by atoms with Crippen molar-refractivity contribution in [1.82, 2.24) is 15.1 Å². The van der Waals surface area contributed by atoms with E-state index < -0.39 is 11.9 Å². The van der Waals surface area contributed by atoms with Crippen LogP contribution in [0.25, 0.3) is 0 Å². The third-order valence-corrected chi connectivity index (χ3v) is 2.60. The molecule has 0 bridgehead atoms. The predicted octanol–water partition coefficient (Wildman–Crippen LogP) is 1.13. The van der Waals surface area contributed by atoms with E-state index in [0.29, 0.717) is 13.1 Å². The van der Waals surface area contributed by atoms with Crippen molar-refractivity contribution in [2.24, 2.45) is 5.73 Å². The lowest BCUT2D eigenvalue weighted by Crippen LogP contribution is -2.29. The predicted molar refractivity (Wildman–Crippen MR) is 61.6 cm³/mol. The summed E-state index contributed by atoms with van der Waals surface area (Å²) in [7, 11) is 0. The molecule has 102 valence electrons. The van der Waals surface area contributed by atoms with Crippen LogP contribution in [-0.4, -0.2) is 28.8 Å². The van der Waals surface area contributed by atoms with Gasteiger partial charge in [0, 0.05) is 32.3 Å². The van der Waals surface area contributed by atoms with Crippen LogP contribution < -0.4 is 11.1 Å². The Kier molecular flexibility index (Phi) is 5.15. The quantitative estimate of drug-likeness (QED) is 0.851. The maximum absolute atomic E-state index is 12.4.